The average molecular weight is 254 g/mol. The molecule has 5 heteroatoms. The summed E-state index contributed by atoms with van der Waals surface area (Å²) in [5.41, 5.74) is 7.21. The number of anilines is 2. The van der Waals surface area contributed by atoms with Gasteiger partial charge in [-0.1, -0.05) is 6.07 Å². The van der Waals surface area contributed by atoms with Crippen molar-refractivity contribution in [2.75, 3.05) is 23.4 Å². The fraction of sp³-hybridized carbons (Fsp3) is 0.500. The number of para-hydroxylation sites is 1. The Labute approximate surface area is 102 Å². The normalized spacial score (nSPS) is 15.9. The Morgan fingerprint density at radius 3 is 2.53 bits per heavy atom. The zero-order chi connectivity index (χ0) is 12.6. The summed E-state index contributed by atoms with van der Waals surface area (Å²) in [6.45, 7) is 2.91. The van der Waals surface area contributed by atoms with Crippen molar-refractivity contribution in [3.05, 3.63) is 18.2 Å². The third kappa shape index (κ3) is 2.39. The van der Waals surface area contributed by atoms with Gasteiger partial charge in [0, 0.05) is 18.8 Å². The number of hydrogen-bond donors (Lipinski definition) is 1. The molecule has 2 rings (SSSR count). The van der Waals surface area contributed by atoms with E-state index in [9.17, 15) is 8.42 Å². The standard InChI is InChI=1S/C12H18N2O2S/c1-3-14(9-7-8-9)10-5-4-6-11(12(10)13)17(2,15)16/h4-6,9H,3,7-8,13H2,1-2H3. The first-order valence-electron chi connectivity index (χ1n) is 5.80. The lowest BCUT2D eigenvalue weighted by atomic mass is 10.2. The first-order chi connectivity index (χ1) is 7.95. The largest absolute Gasteiger partial charge is 0.396 e. The first-order valence-corrected chi connectivity index (χ1v) is 7.69. The molecule has 0 aromatic heterocycles. The minimum Gasteiger partial charge on any atom is -0.396 e. The van der Waals surface area contributed by atoms with Crippen LogP contribution in [0.1, 0.15) is 19.8 Å². The van der Waals surface area contributed by atoms with Crippen molar-refractivity contribution < 1.29 is 8.42 Å². The van der Waals surface area contributed by atoms with Gasteiger partial charge >= 0.3 is 0 Å². The van der Waals surface area contributed by atoms with Crippen LogP contribution < -0.4 is 10.6 Å². The Hall–Kier alpha value is -1.23. The number of nitrogens with zero attached hydrogens (tertiary/aromatic N) is 1. The lowest BCUT2D eigenvalue weighted by Gasteiger charge is -2.25. The quantitative estimate of drug-likeness (QED) is 0.830. The van der Waals surface area contributed by atoms with Gasteiger partial charge in [-0.05, 0) is 31.9 Å². The van der Waals surface area contributed by atoms with Gasteiger partial charge in [0.25, 0.3) is 0 Å². The summed E-state index contributed by atoms with van der Waals surface area (Å²) in [5.74, 6) is 0. The molecule has 2 N–H and O–H groups in total. The molecule has 4 nitrogen and oxygen atoms in total. The molecule has 94 valence electrons. The van der Waals surface area contributed by atoms with Crippen LogP contribution in [0.2, 0.25) is 0 Å². The number of nitrogens with two attached hydrogens (primary N) is 1. The first kappa shape index (κ1) is 12.2. The lowest BCUT2D eigenvalue weighted by molar-refractivity contribution is 0.602. The summed E-state index contributed by atoms with van der Waals surface area (Å²) < 4.78 is 23.2. The van der Waals surface area contributed by atoms with E-state index in [1.165, 1.54) is 6.26 Å². The molecule has 1 aliphatic carbocycles. The third-order valence-electron chi connectivity index (χ3n) is 3.08. The second-order valence-corrected chi connectivity index (χ2v) is 6.46. The molecule has 1 aromatic rings. The van der Waals surface area contributed by atoms with E-state index in [0.717, 1.165) is 25.1 Å². The van der Waals surface area contributed by atoms with Gasteiger partial charge in [0.05, 0.1) is 16.3 Å². The van der Waals surface area contributed by atoms with Gasteiger partial charge in [0.1, 0.15) is 0 Å². The van der Waals surface area contributed by atoms with Crippen molar-refractivity contribution in [1.29, 1.82) is 0 Å². The van der Waals surface area contributed by atoms with Gasteiger partial charge in [-0.3, -0.25) is 0 Å². The highest BCUT2D eigenvalue weighted by Crippen LogP contribution is 2.36. The molecule has 0 radical (unpaired) electrons. The molecule has 0 atom stereocenters. The predicted molar refractivity (Wildman–Crippen MR) is 70.0 cm³/mol. The molecule has 17 heavy (non-hydrogen) atoms. The summed E-state index contributed by atoms with van der Waals surface area (Å²) >= 11 is 0. The summed E-state index contributed by atoms with van der Waals surface area (Å²) in [7, 11) is -3.25. The molecule has 1 fully saturated rings. The van der Waals surface area contributed by atoms with Gasteiger partial charge in [0.15, 0.2) is 9.84 Å². The molecule has 0 aliphatic heterocycles. The van der Waals surface area contributed by atoms with Crippen LogP contribution in [0.4, 0.5) is 11.4 Å². The number of sulfone groups is 1. The van der Waals surface area contributed by atoms with Gasteiger partial charge in [0.2, 0.25) is 0 Å². The predicted octanol–water partition coefficient (Wildman–Crippen LogP) is 1.66. The van der Waals surface area contributed by atoms with Crippen LogP contribution in [0.3, 0.4) is 0 Å². The zero-order valence-corrected chi connectivity index (χ0v) is 11.0. The molecule has 1 aliphatic rings. The maximum Gasteiger partial charge on any atom is 0.177 e. The highest BCUT2D eigenvalue weighted by Gasteiger charge is 2.30. The Morgan fingerprint density at radius 1 is 1.41 bits per heavy atom. The third-order valence-corrected chi connectivity index (χ3v) is 4.24. The van der Waals surface area contributed by atoms with Crippen LogP contribution in [0.25, 0.3) is 0 Å². The fourth-order valence-corrected chi connectivity index (χ4v) is 2.95. The van der Waals surface area contributed by atoms with E-state index >= 15 is 0 Å². The van der Waals surface area contributed by atoms with Crippen LogP contribution in [-0.2, 0) is 9.84 Å². The van der Waals surface area contributed by atoms with E-state index in [1.54, 1.807) is 12.1 Å². The van der Waals surface area contributed by atoms with E-state index in [0.29, 0.717) is 11.7 Å². The maximum absolute atomic E-state index is 11.6. The topological polar surface area (TPSA) is 63.4 Å². The molecular formula is C12H18N2O2S. The summed E-state index contributed by atoms with van der Waals surface area (Å²) in [5, 5.41) is 0. The van der Waals surface area contributed by atoms with Gasteiger partial charge in [-0.25, -0.2) is 8.42 Å². The van der Waals surface area contributed by atoms with E-state index in [1.807, 2.05) is 6.07 Å². The molecule has 0 spiro atoms. The molecule has 0 amide bonds. The second-order valence-electron chi connectivity index (χ2n) is 4.48. The Bertz CT molecular complexity index is 521. The zero-order valence-electron chi connectivity index (χ0n) is 10.2. The average Bonchev–Trinajstić information content (AvgIpc) is 3.04. The molecule has 0 saturated heterocycles. The second kappa shape index (κ2) is 4.22. The van der Waals surface area contributed by atoms with Crippen LogP contribution in [-0.4, -0.2) is 27.3 Å². The van der Waals surface area contributed by atoms with E-state index in [2.05, 4.69) is 11.8 Å². The minimum atomic E-state index is -3.25. The van der Waals surface area contributed by atoms with Crippen molar-refractivity contribution in [2.24, 2.45) is 0 Å². The highest BCUT2D eigenvalue weighted by atomic mass is 32.2. The van der Waals surface area contributed by atoms with E-state index < -0.39 is 9.84 Å². The molecular weight excluding hydrogens is 236 g/mol. The van der Waals surface area contributed by atoms with Crippen LogP contribution in [0, 0.1) is 0 Å². The fourth-order valence-electron chi connectivity index (χ4n) is 2.12. The Kier molecular flexibility index (Phi) is 3.03. The molecule has 1 aromatic carbocycles. The van der Waals surface area contributed by atoms with Crippen LogP contribution in [0.15, 0.2) is 23.1 Å². The van der Waals surface area contributed by atoms with Crippen LogP contribution in [0.5, 0.6) is 0 Å². The van der Waals surface area contributed by atoms with Gasteiger partial charge in [-0.15, -0.1) is 0 Å². The Balaban J connectivity index is 2.48. The van der Waals surface area contributed by atoms with Crippen molar-refractivity contribution in [3.63, 3.8) is 0 Å². The molecule has 0 unspecified atom stereocenters. The van der Waals surface area contributed by atoms with Crippen LogP contribution >= 0.6 is 0 Å². The van der Waals surface area contributed by atoms with Gasteiger partial charge in [-0.2, -0.15) is 0 Å². The SMILES string of the molecule is CCN(c1cccc(S(C)(=O)=O)c1N)C1CC1. The van der Waals surface area contributed by atoms with Crippen molar-refractivity contribution in [3.8, 4) is 0 Å². The Morgan fingerprint density at radius 2 is 2.06 bits per heavy atom. The monoisotopic (exact) mass is 254 g/mol. The van der Waals surface area contributed by atoms with E-state index in [-0.39, 0.29) is 4.90 Å². The number of hydrogen-bond acceptors (Lipinski definition) is 4. The van der Waals surface area contributed by atoms with Gasteiger partial charge < -0.3 is 10.6 Å². The molecule has 0 heterocycles. The number of nitrogen functional groups attached to an aromatic ring is 1. The molecule has 0 bridgehead atoms. The lowest BCUT2D eigenvalue weighted by Crippen LogP contribution is -2.26. The highest BCUT2D eigenvalue weighted by molar-refractivity contribution is 7.90. The minimum absolute atomic E-state index is 0.231. The summed E-state index contributed by atoms with van der Waals surface area (Å²) in [6.07, 6.45) is 3.52. The maximum atomic E-state index is 11.6. The molecule has 1 saturated carbocycles. The number of benzene rings is 1. The van der Waals surface area contributed by atoms with Crippen molar-refractivity contribution >= 4 is 21.2 Å². The smallest absolute Gasteiger partial charge is 0.177 e. The van der Waals surface area contributed by atoms with E-state index in [4.69, 9.17) is 5.73 Å². The summed E-state index contributed by atoms with van der Waals surface area (Å²) in [4.78, 5) is 2.42. The van der Waals surface area contributed by atoms with Crippen molar-refractivity contribution in [2.45, 2.75) is 30.7 Å². The summed E-state index contributed by atoms with van der Waals surface area (Å²) in [6, 6.07) is 5.74. The van der Waals surface area contributed by atoms with Crippen molar-refractivity contribution in [1.82, 2.24) is 0 Å². The number of rotatable bonds is 4.